The first-order valence-corrected chi connectivity index (χ1v) is 9.32. The molecule has 3 nitrogen and oxygen atoms in total. The summed E-state index contributed by atoms with van der Waals surface area (Å²) in [5.41, 5.74) is 2.52. The Bertz CT molecular complexity index is 938. The summed E-state index contributed by atoms with van der Waals surface area (Å²) in [6, 6.07) is 15.7. The zero-order valence-corrected chi connectivity index (χ0v) is 16.6. The number of ether oxygens (including phenoxy) is 1. The van der Waals surface area contributed by atoms with Crippen molar-refractivity contribution in [2.45, 2.75) is 37.0 Å². The number of hydrogen-bond donors (Lipinski definition) is 1. The van der Waals surface area contributed by atoms with Gasteiger partial charge in [-0.15, -0.1) is 0 Å². The van der Waals surface area contributed by atoms with E-state index in [2.05, 4.69) is 4.98 Å². The summed E-state index contributed by atoms with van der Waals surface area (Å²) in [6.07, 6.45) is 1.75. The van der Waals surface area contributed by atoms with Crippen molar-refractivity contribution in [3.8, 4) is 5.75 Å². The summed E-state index contributed by atoms with van der Waals surface area (Å²) in [7, 11) is 27.8. The van der Waals surface area contributed by atoms with Gasteiger partial charge in [0.25, 0.3) is 0 Å². The third kappa shape index (κ3) is 3.65. The van der Waals surface area contributed by atoms with Crippen molar-refractivity contribution in [3.05, 3.63) is 65.9 Å². The van der Waals surface area contributed by atoms with Gasteiger partial charge in [-0.2, -0.15) is 0 Å². The van der Waals surface area contributed by atoms with E-state index in [1.54, 1.807) is 18.1 Å². The van der Waals surface area contributed by atoms with Gasteiger partial charge in [0.2, 0.25) is 0 Å². The minimum Gasteiger partial charge on any atom is -0.488 e. The summed E-state index contributed by atoms with van der Waals surface area (Å²) in [4.78, 5) is 4.97. The van der Waals surface area contributed by atoms with E-state index in [1.165, 1.54) is 0 Å². The van der Waals surface area contributed by atoms with Crippen molar-refractivity contribution in [2.24, 2.45) is 0 Å². The molecule has 3 aromatic rings. The largest absolute Gasteiger partial charge is 0.488 e. The van der Waals surface area contributed by atoms with Crippen molar-refractivity contribution in [1.29, 1.82) is 0 Å². The van der Waals surface area contributed by atoms with Gasteiger partial charge < -0.3 is 14.6 Å². The first kappa shape index (κ1) is 20.7. The Morgan fingerprint density at radius 1 is 1.00 bits per heavy atom. The van der Waals surface area contributed by atoms with Crippen LogP contribution in [0.2, 0.25) is 0 Å². The summed E-state index contributed by atoms with van der Waals surface area (Å²) >= 11 is 0. The summed E-state index contributed by atoms with van der Waals surface area (Å²) in [5.74, 6) is 0.667. The van der Waals surface area contributed by atoms with Crippen LogP contribution in [0.1, 0.15) is 25.0 Å². The zero-order chi connectivity index (χ0) is 20.5. The van der Waals surface area contributed by atoms with E-state index in [1.807, 2.05) is 62.4 Å². The highest BCUT2D eigenvalue weighted by Gasteiger charge is 2.41. The van der Waals surface area contributed by atoms with Crippen LogP contribution >= 0.6 is 0 Å². The van der Waals surface area contributed by atoms with Crippen LogP contribution in [0.5, 0.6) is 5.75 Å². The fourth-order valence-electron chi connectivity index (χ4n) is 3.27. The monoisotopic (exact) mass is 362 g/mol. The highest BCUT2D eigenvalue weighted by Crippen LogP contribution is 2.39. The average Bonchev–Trinajstić information content (AvgIpc) is 3.11. The molecule has 3 rings (SSSR count). The maximum atomic E-state index is 6.55. The summed E-state index contributed by atoms with van der Waals surface area (Å²) in [5, 5.41) is -2.24. The van der Waals surface area contributed by atoms with Crippen molar-refractivity contribution >= 4 is 42.3 Å². The molecule has 0 aliphatic heterocycles. The zero-order valence-electron chi connectivity index (χ0n) is 16.6. The fourth-order valence-corrected chi connectivity index (χ4v) is 3.27. The minimum atomic E-state index is -1.53. The number of aromatic nitrogens is 1. The molecule has 134 valence electrons. The van der Waals surface area contributed by atoms with Gasteiger partial charge in [0, 0.05) is 23.1 Å². The predicted octanol–water partition coefficient (Wildman–Crippen LogP) is 2.57. The number of fused-ring (bicyclic) bond motifs is 1. The standard InChI is InChI=1S/C21H22B4N2O/c1-14(2)27(3)21(24,25)20(22,23)16-12-26-17-10-7-11-18(19(16)17)28-13-15-8-5-4-6-9-15/h4-12,14,26H,13H2,1-3H3. The maximum Gasteiger partial charge on any atom is 0.129 e. The molecule has 7 heteroatoms. The van der Waals surface area contributed by atoms with Crippen molar-refractivity contribution in [2.75, 3.05) is 7.05 Å². The Hall–Kier alpha value is -2.00. The van der Waals surface area contributed by atoms with Crippen LogP contribution in [-0.2, 0) is 11.8 Å². The molecule has 0 bridgehead atoms. The first-order valence-electron chi connectivity index (χ1n) is 9.32. The molecule has 0 spiro atoms. The topological polar surface area (TPSA) is 28.3 Å². The molecule has 0 fully saturated rings. The van der Waals surface area contributed by atoms with Crippen LogP contribution in [0.3, 0.4) is 0 Å². The SMILES string of the molecule is [B]C([B])(c1c[nH]c2cccc(OCc3ccccc3)c12)C([B])([B])N(C)C(C)C. The van der Waals surface area contributed by atoms with E-state index in [9.17, 15) is 0 Å². The van der Waals surface area contributed by atoms with Crippen molar-refractivity contribution in [3.63, 3.8) is 0 Å². The third-order valence-electron chi connectivity index (χ3n) is 5.37. The van der Waals surface area contributed by atoms with Gasteiger partial charge in [0.15, 0.2) is 0 Å². The molecule has 0 amide bonds. The van der Waals surface area contributed by atoms with Crippen LogP contribution in [-0.4, -0.2) is 59.7 Å². The summed E-state index contributed by atoms with van der Waals surface area (Å²) < 4.78 is 6.09. The van der Waals surface area contributed by atoms with E-state index >= 15 is 0 Å². The van der Waals surface area contributed by atoms with Crippen molar-refractivity contribution in [1.82, 2.24) is 9.88 Å². The quantitative estimate of drug-likeness (QED) is 0.655. The number of rotatable bonds is 7. The summed E-state index contributed by atoms with van der Waals surface area (Å²) in [6.45, 7) is 4.39. The van der Waals surface area contributed by atoms with Gasteiger partial charge in [0.1, 0.15) is 12.4 Å². The van der Waals surface area contributed by atoms with Crippen LogP contribution < -0.4 is 4.74 Å². The molecule has 1 aromatic heterocycles. The number of H-pyrrole nitrogens is 1. The number of benzene rings is 2. The number of likely N-dealkylation sites (N-methyl/N-ethyl adjacent to an activating group) is 1. The number of nitrogens with one attached hydrogen (secondary N) is 1. The van der Waals surface area contributed by atoms with Crippen LogP contribution in [0, 0.1) is 0 Å². The smallest absolute Gasteiger partial charge is 0.129 e. The van der Waals surface area contributed by atoms with Crippen LogP contribution in [0.25, 0.3) is 10.9 Å². The van der Waals surface area contributed by atoms with Gasteiger partial charge in [-0.1, -0.05) is 46.9 Å². The lowest BCUT2D eigenvalue weighted by atomic mass is 9.31. The normalized spacial score (nSPS) is 12.8. The third-order valence-corrected chi connectivity index (χ3v) is 5.37. The lowest BCUT2D eigenvalue weighted by molar-refractivity contribution is 0.205. The second-order valence-corrected chi connectivity index (χ2v) is 7.55. The number of aromatic amines is 1. The Morgan fingerprint density at radius 2 is 1.68 bits per heavy atom. The first-order chi connectivity index (χ1) is 13.2. The van der Waals surface area contributed by atoms with E-state index in [-0.39, 0.29) is 6.04 Å². The molecule has 0 atom stereocenters. The molecule has 0 unspecified atom stereocenters. The molecule has 1 heterocycles. The minimum absolute atomic E-state index is 0.0560. The molecule has 28 heavy (non-hydrogen) atoms. The average molecular weight is 362 g/mol. The molecule has 1 N–H and O–H groups in total. The molecule has 8 radical (unpaired) electrons. The van der Waals surface area contributed by atoms with Gasteiger partial charge in [-0.25, -0.2) is 0 Å². The highest BCUT2D eigenvalue weighted by atomic mass is 16.5. The van der Waals surface area contributed by atoms with Crippen LogP contribution in [0.4, 0.5) is 0 Å². The molecule has 0 saturated carbocycles. The predicted molar refractivity (Wildman–Crippen MR) is 119 cm³/mol. The van der Waals surface area contributed by atoms with Gasteiger partial charge in [0.05, 0.1) is 31.4 Å². The van der Waals surface area contributed by atoms with Crippen LogP contribution in [0.15, 0.2) is 54.7 Å². The Morgan fingerprint density at radius 3 is 2.32 bits per heavy atom. The highest BCUT2D eigenvalue weighted by molar-refractivity contribution is 6.54. The van der Waals surface area contributed by atoms with Gasteiger partial charge in [-0.3, -0.25) is 0 Å². The molecule has 2 aromatic carbocycles. The maximum absolute atomic E-state index is 6.55. The van der Waals surface area contributed by atoms with E-state index in [4.69, 9.17) is 36.1 Å². The second kappa shape index (κ2) is 7.79. The molecule has 0 saturated heterocycles. The number of hydrogen-bond acceptors (Lipinski definition) is 2. The Labute approximate surface area is 172 Å². The van der Waals surface area contributed by atoms with E-state index in [0.717, 1.165) is 16.5 Å². The van der Waals surface area contributed by atoms with Gasteiger partial charge >= 0.3 is 0 Å². The van der Waals surface area contributed by atoms with Gasteiger partial charge in [-0.05, 0) is 44.2 Å². The Kier molecular flexibility index (Phi) is 5.76. The Balaban J connectivity index is 2.02. The number of nitrogens with zero attached hydrogens (tertiary/aromatic N) is 1. The fraction of sp³-hybridized carbons (Fsp3) is 0.333. The van der Waals surface area contributed by atoms with E-state index in [0.29, 0.717) is 17.9 Å². The molecular weight excluding hydrogens is 339 g/mol. The lowest BCUT2D eigenvalue weighted by Gasteiger charge is -2.52. The molecular formula is C21H22B4N2O. The second-order valence-electron chi connectivity index (χ2n) is 7.55. The van der Waals surface area contributed by atoms with Crippen molar-refractivity contribution < 1.29 is 4.74 Å². The van der Waals surface area contributed by atoms with E-state index < -0.39 is 10.6 Å². The lowest BCUT2D eigenvalue weighted by Crippen LogP contribution is -2.65. The molecule has 0 aliphatic carbocycles. The molecule has 0 aliphatic rings.